The molecule has 170 valence electrons. The maximum absolute atomic E-state index is 12.5. The van der Waals surface area contributed by atoms with Gasteiger partial charge in [-0.15, -0.1) is 0 Å². The van der Waals surface area contributed by atoms with Crippen LogP contribution in [0, 0.1) is 0 Å². The smallest absolute Gasteiger partial charge is 0.266 e. The summed E-state index contributed by atoms with van der Waals surface area (Å²) in [6.07, 6.45) is 7.12. The lowest BCUT2D eigenvalue weighted by atomic mass is 9.98. The summed E-state index contributed by atoms with van der Waals surface area (Å²) < 4.78 is 7.16. The van der Waals surface area contributed by atoms with Crippen molar-refractivity contribution in [3.8, 4) is 11.1 Å². The Hall–Kier alpha value is -4.24. The van der Waals surface area contributed by atoms with Gasteiger partial charge in [-0.25, -0.2) is 9.97 Å². The van der Waals surface area contributed by atoms with E-state index in [2.05, 4.69) is 31.2 Å². The molecule has 0 aliphatic carbocycles. The lowest BCUT2D eigenvalue weighted by Crippen LogP contribution is -2.36. The maximum atomic E-state index is 12.5. The van der Waals surface area contributed by atoms with Crippen LogP contribution in [0.5, 0.6) is 0 Å². The largest absolute Gasteiger partial charge is 0.378 e. The quantitative estimate of drug-likeness (QED) is 0.481. The first-order valence-corrected chi connectivity index (χ1v) is 11.2. The predicted molar refractivity (Wildman–Crippen MR) is 131 cm³/mol. The predicted octanol–water partition coefficient (Wildman–Crippen LogP) is 3.01. The zero-order chi connectivity index (χ0) is 23.1. The standard InChI is InChI=1S/C25H23N7O2/c26-24(33)23-20(16-1-2-17-13-27-14-18(17)11-16)12-21(25-28-5-6-32(23)25)30-22-4-3-19(15-29-22)31-7-9-34-10-8-31/h1-6,11-13,15H,7-10,14H2,(H2,26,33)(H,29,30). The van der Waals surface area contributed by atoms with E-state index in [1.165, 1.54) is 0 Å². The van der Waals surface area contributed by atoms with Crippen LogP contribution in [0.2, 0.25) is 0 Å². The number of aliphatic imine (C=N–C) groups is 1. The summed E-state index contributed by atoms with van der Waals surface area (Å²) in [5, 5.41) is 3.38. The van der Waals surface area contributed by atoms with Gasteiger partial charge in [0.1, 0.15) is 11.5 Å². The third-order valence-corrected chi connectivity index (χ3v) is 6.23. The number of morpholine rings is 1. The minimum Gasteiger partial charge on any atom is -0.378 e. The van der Waals surface area contributed by atoms with Crippen LogP contribution in [0.1, 0.15) is 21.6 Å². The monoisotopic (exact) mass is 453 g/mol. The summed E-state index contributed by atoms with van der Waals surface area (Å²) >= 11 is 0. The van der Waals surface area contributed by atoms with Gasteiger partial charge in [0.15, 0.2) is 5.65 Å². The highest BCUT2D eigenvalue weighted by Crippen LogP contribution is 2.33. The van der Waals surface area contributed by atoms with E-state index in [4.69, 9.17) is 10.5 Å². The van der Waals surface area contributed by atoms with Gasteiger partial charge in [-0.05, 0) is 41.0 Å². The Morgan fingerprint density at radius 3 is 2.76 bits per heavy atom. The minimum atomic E-state index is -0.519. The van der Waals surface area contributed by atoms with E-state index in [9.17, 15) is 4.79 Å². The molecule has 2 aliphatic rings. The summed E-state index contributed by atoms with van der Waals surface area (Å²) in [7, 11) is 0. The summed E-state index contributed by atoms with van der Waals surface area (Å²) in [6, 6.07) is 12.0. The number of hydrogen-bond donors (Lipinski definition) is 2. The zero-order valence-electron chi connectivity index (χ0n) is 18.4. The first kappa shape index (κ1) is 20.4. The van der Waals surface area contributed by atoms with Gasteiger partial charge < -0.3 is 20.7 Å². The molecule has 1 saturated heterocycles. The molecule has 0 radical (unpaired) electrons. The molecule has 34 heavy (non-hydrogen) atoms. The normalized spacial score (nSPS) is 15.0. The van der Waals surface area contributed by atoms with Crippen LogP contribution in [0.4, 0.5) is 17.2 Å². The van der Waals surface area contributed by atoms with Crippen molar-refractivity contribution in [3.63, 3.8) is 0 Å². The number of imidazole rings is 1. The molecule has 3 aromatic heterocycles. The number of fused-ring (bicyclic) bond motifs is 2. The van der Waals surface area contributed by atoms with E-state index in [1.54, 1.807) is 16.8 Å². The van der Waals surface area contributed by atoms with E-state index in [-0.39, 0.29) is 0 Å². The van der Waals surface area contributed by atoms with Crippen molar-refractivity contribution in [1.29, 1.82) is 0 Å². The number of pyridine rings is 2. The molecule has 0 atom stereocenters. The first-order valence-electron chi connectivity index (χ1n) is 11.2. The van der Waals surface area contributed by atoms with Crippen molar-refractivity contribution in [2.24, 2.45) is 10.7 Å². The molecule has 6 rings (SSSR count). The van der Waals surface area contributed by atoms with Crippen molar-refractivity contribution in [2.45, 2.75) is 6.54 Å². The number of aromatic nitrogens is 3. The van der Waals surface area contributed by atoms with Crippen LogP contribution in [0.3, 0.4) is 0 Å². The second-order valence-electron chi connectivity index (χ2n) is 8.31. The number of carbonyl (C=O) groups excluding carboxylic acids is 1. The molecule has 3 N–H and O–H groups in total. The molecule has 9 nitrogen and oxygen atoms in total. The van der Waals surface area contributed by atoms with Gasteiger partial charge in [-0.2, -0.15) is 0 Å². The number of benzene rings is 1. The Balaban J connectivity index is 1.40. The van der Waals surface area contributed by atoms with Crippen LogP contribution in [0.25, 0.3) is 16.8 Å². The minimum absolute atomic E-state index is 0.382. The number of carbonyl (C=O) groups is 1. The van der Waals surface area contributed by atoms with Crippen LogP contribution in [0.15, 0.2) is 60.0 Å². The molecule has 0 saturated carbocycles. The van der Waals surface area contributed by atoms with Crippen LogP contribution in [-0.2, 0) is 11.3 Å². The molecule has 5 heterocycles. The van der Waals surface area contributed by atoms with E-state index in [0.29, 0.717) is 23.7 Å². The Labute approximate surface area is 195 Å². The second kappa shape index (κ2) is 8.27. The molecular formula is C25H23N7O2. The van der Waals surface area contributed by atoms with E-state index >= 15 is 0 Å². The van der Waals surface area contributed by atoms with Crippen molar-refractivity contribution in [3.05, 3.63) is 71.8 Å². The lowest BCUT2D eigenvalue weighted by Gasteiger charge is -2.28. The topological polar surface area (TPSA) is 110 Å². The number of ether oxygens (including phenoxy) is 1. The third kappa shape index (κ3) is 3.56. The van der Waals surface area contributed by atoms with Gasteiger partial charge >= 0.3 is 0 Å². The summed E-state index contributed by atoms with van der Waals surface area (Å²) in [6.45, 7) is 3.79. The van der Waals surface area contributed by atoms with Crippen molar-refractivity contribution >= 4 is 35.0 Å². The number of amides is 1. The number of nitrogens with two attached hydrogens (primary N) is 1. The van der Waals surface area contributed by atoms with Crippen LogP contribution >= 0.6 is 0 Å². The van der Waals surface area contributed by atoms with Gasteiger partial charge in [-0.3, -0.25) is 14.2 Å². The van der Waals surface area contributed by atoms with Gasteiger partial charge in [0.05, 0.1) is 37.3 Å². The molecule has 9 heteroatoms. The Kier molecular flexibility index (Phi) is 4.96. The molecule has 1 fully saturated rings. The van der Waals surface area contributed by atoms with Gasteiger partial charge in [0.25, 0.3) is 5.91 Å². The molecule has 0 spiro atoms. The fourth-order valence-corrected chi connectivity index (χ4v) is 4.54. The Morgan fingerprint density at radius 1 is 1.09 bits per heavy atom. The fourth-order valence-electron chi connectivity index (χ4n) is 4.54. The summed E-state index contributed by atoms with van der Waals surface area (Å²) in [4.78, 5) is 28.2. The molecule has 0 unspecified atom stereocenters. The number of primary amides is 1. The SMILES string of the molecule is NC(=O)c1c(-c2ccc3c(c2)CN=C3)cc(Nc2ccc(N3CCOCC3)cn2)c2nccn12. The van der Waals surface area contributed by atoms with E-state index in [1.807, 2.05) is 42.7 Å². The van der Waals surface area contributed by atoms with Gasteiger partial charge in [0, 0.05) is 37.3 Å². The number of hydrogen-bond acceptors (Lipinski definition) is 7. The van der Waals surface area contributed by atoms with E-state index in [0.717, 1.165) is 59.9 Å². The highest BCUT2D eigenvalue weighted by Gasteiger charge is 2.20. The Bertz CT molecular complexity index is 1420. The highest BCUT2D eigenvalue weighted by atomic mass is 16.5. The number of nitrogens with one attached hydrogen (secondary N) is 1. The van der Waals surface area contributed by atoms with Crippen molar-refractivity contribution < 1.29 is 9.53 Å². The summed E-state index contributed by atoms with van der Waals surface area (Å²) in [5.74, 6) is 0.163. The fraction of sp³-hybridized carbons (Fsp3) is 0.200. The van der Waals surface area contributed by atoms with Gasteiger partial charge in [-0.1, -0.05) is 12.1 Å². The zero-order valence-corrected chi connectivity index (χ0v) is 18.4. The van der Waals surface area contributed by atoms with Crippen LogP contribution in [-0.4, -0.2) is 52.8 Å². The molecule has 1 aromatic carbocycles. The first-order chi connectivity index (χ1) is 16.7. The lowest BCUT2D eigenvalue weighted by molar-refractivity contribution is 0.0995. The third-order valence-electron chi connectivity index (χ3n) is 6.23. The van der Waals surface area contributed by atoms with Gasteiger partial charge in [0.2, 0.25) is 0 Å². The van der Waals surface area contributed by atoms with Crippen molar-refractivity contribution in [2.75, 3.05) is 36.5 Å². The second-order valence-corrected chi connectivity index (χ2v) is 8.31. The van der Waals surface area contributed by atoms with Crippen molar-refractivity contribution in [1.82, 2.24) is 14.4 Å². The molecule has 4 aromatic rings. The molecule has 1 amide bonds. The van der Waals surface area contributed by atoms with Crippen LogP contribution < -0.4 is 16.0 Å². The molecule has 2 aliphatic heterocycles. The molecular weight excluding hydrogens is 430 g/mol. The number of anilines is 3. The number of rotatable bonds is 5. The summed E-state index contributed by atoms with van der Waals surface area (Å²) in [5.41, 5.74) is 12.4. The molecule has 0 bridgehead atoms. The maximum Gasteiger partial charge on any atom is 0.266 e. The highest BCUT2D eigenvalue weighted by molar-refractivity contribution is 6.01. The average Bonchev–Trinajstić information content (AvgIpc) is 3.54. The number of nitrogens with zero attached hydrogens (tertiary/aromatic N) is 5. The van der Waals surface area contributed by atoms with E-state index < -0.39 is 5.91 Å². The Morgan fingerprint density at radius 2 is 1.97 bits per heavy atom. The average molecular weight is 454 g/mol.